The summed E-state index contributed by atoms with van der Waals surface area (Å²) in [6.45, 7) is 0.432. The molecular formula is C22H18INO2. The average molecular weight is 455 g/mol. The fourth-order valence-electron chi connectivity index (χ4n) is 2.70. The van der Waals surface area contributed by atoms with Crippen LogP contribution in [0.4, 0.5) is 5.69 Å². The van der Waals surface area contributed by atoms with Crippen molar-refractivity contribution in [1.82, 2.24) is 0 Å². The maximum atomic E-state index is 13.0. The summed E-state index contributed by atoms with van der Waals surface area (Å²) in [5.41, 5.74) is 2.40. The van der Waals surface area contributed by atoms with Crippen LogP contribution >= 0.6 is 22.6 Å². The first-order valence-corrected chi connectivity index (χ1v) is 9.40. The molecule has 26 heavy (non-hydrogen) atoms. The predicted octanol–water partition coefficient (Wildman–Crippen LogP) is 5.10. The minimum atomic E-state index is -0.202. The number of halogens is 1. The van der Waals surface area contributed by atoms with E-state index in [9.17, 15) is 9.59 Å². The number of hydrogen-bond acceptors (Lipinski definition) is 2. The number of nitrogens with zero attached hydrogens (tertiary/aromatic N) is 1. The second kappa shape index (κ2) is 8.76. The number of carbonyl (C=O) groups is 2. The Morgan fingerprint density at radius 2 is 1.35 bits per heavy atom. The molecule has 3 aromatic carbocycles. The molecular weight excluding hydrogens is 437 g/mol. The number of carbonyl (C=O) groups excluding carboxylic acids is 2. The molecule has 3 rings (SSSR count). The Labute approximate surface area is 166 Å². The number of rotatable bonds is 6. The van der Waals surface area contributed by atoms with Crippen molar-refractivity contribution in [3.05, 3.63) is 99.6 Å². The molecule has 0 saturated carbocycles. The highest BCUT2D eigenvalue weighted by Crippen LogP contribution is 2.25. The Bertz CT molecular complexity index is 894. The van der Waals surface area contributed by atoms with Crippen LogP contribution in [0.25, 0.3) is 0 Å². The van der Waals surface area contributed by atoms with Crippen LogP contribution in [0.3, 0.4) is 0 Å². The number of benzene rings is 3. The van der Waals surface area contributed by atoms with E-state index in [1.165, 1.54) is 0 Å². The van der Waals surface area contributed by atoms with Gasteiger partial charge < -0.3 is 4.90 Å². The van der Waals surface area contributed by atoms with Gasteiger partial charge in [-0.1, -0.05) is 72.8 Å². The monoisotopic (exact) mass is 455 g/mol. The van der Waals surface area contributed by atoms with E-state index in [0.29, 0.717) is 12.1 Å². The summed E-state index contributed by atoms with van der Waals surface area (Å²) < 4.78 is 0.974. The lowest BCUT2D eigenvalue weighted by molar-refractivity contribution is -0.117. The van der Waals surface area contributed by atoms with E-state index in [0.717, 1.165) is 14.8 Å². The molecule has 0 radical (unpaired) electrons. The highest BCUT2D eigenvalue weighted by Gasteiger charge is 2.21. The van der Waals surface area contributed by atoms with Crippen LogP contribution in [-0.4, -0.2) is 11.7 Å². The average Bonchev–Trinajstić information content (AvgIpc) is 2.68. The van der Waals surface area contributed by atoms with E-state index in [-0.39, 0.29) is 18.1 Å². The van der Waals surface area contributed by atoms with Crippen LogP contribution < -0.4 is 4.90 Å². The van der Waals surface area contributed by atoms with Gasteiger partial charge in [-0.2, -0.15) is 0 Å². The van der Waals surface area contributed by atoms with Gasteiger partial charge in [-0.3, -0.25) is 9.59 Å². The van der Waals surface area contributed by atoms with Gasteiger partial charge in [0.2, 0.25) is 5.91 Å². The zero-order chi connectivity index (χ0) is 18.4. The fourth-order valence-corrected chi connectivity index (χ4v) is 3.38. The van der Waals surface area contributed by atoms with Crippen LogP contribution in [0.15, 0.2) is 84.9 Å². The van der Waals surface area contributed by atoms with Crippen LogP contribution in [0, 0.1) is 3.57 Å². The Morgan fingerprint density at radius 1 is 0.769 bits per heavy atom. The normalized spacial score (nSPS) is 10.3. The molecule has 0 unspecified atom stereocenters. The molecule has 0 spiro atoms. The first-order valence-electron chi connectivity index (χ1n) is 8.32. The first-order chi connectivity index (χ1) is 12.6. The molecule has 0 atom stereocenters. The maximum absolute atomic E-state index is 13.0. The molecule has 3 aromatic rings. The van der Waals surface area contributed by atoms with Gasteiger partial charge in [-0.25, -0.2) is 0 Å². The van der Waals surface area contributed by atoms with Crippen molar-refractivity contribution in [2.45, 2.75) is 13.0 Å². The molecule has 130 valence electrons. The van der Waals surface area contributed by atoms with Crippen molar-refractivity contribution < 1.29 is 9.59 Å². The van der Waals surface area contributed by atoms with Gasteiger partial charge in [-0.05, 0) is 40.3 Å². The smallest absolute Gasteiger partial charge is 0.235 e. The van der Waals surface area contributed by atoms with E-state index in [1.807, 2.05) is 60.7 Å². The summed E-state index contributed by atoms with van der Waals surface area (Å²) in [4.78, 5) is 27.2. The molecule has 0 heterocycles. The van der Waals surface area contributed by atoms with Crippen LogP contribution in [-0.2, 0) is 11.3 Å². The first kappa shape index (κ1) is 18.3. The van der Waals surface area contributed by atoms with Crippen molar-refractivity contribution in [3.63, 3.8) is 0 Å². The second-order valence-electron chi connectivity index (χ2n) is 5.88. The molecule has 0 aliphatic heterocycles. The van der Waals surface area contributed by atoms with Gasteiger partial charge in [0.1, 0.15) is 0 Å². The predicted molar refractivity (Wildman–Crippen MR) is 112 cm³/mol. The summed E-state index contributed by atoms with van der Waals surface area (Å²) in [5.74, 6) is -0.369. The van der Waals surface area contributed by atoms with Gasteiger partial charge >= 0.3 is 0 Å². The Kier molecular flexibility index (Phi) is 6.17. The number of para-hydroxylation sites is 1. The van der Waals surface area contributed by atoms with Gasteiger partial charge in [0.05, 0.1) is 18.7 Å². The molecule has 0 aliphatic carbocycles. The van der Waals surface area contributed by atoms with E-state index < -0.39 is 0 Å². The lowest BCUT2D eigenvalue weighted by atomic mass is 10.1. The summed E-state index contributed by atoms with van der Waals surface area (Å²) >= 11 is 2.22. The quantitative estimate of drug-likeness (QED) is 0.295. The minimum Gasteiger partial charge on any atom is -0.307 e. The zero-order valence-corrected chi connectivity index (χ0v) is 16.3. The Hall–Kier alpha value is -2.47. The second-order valence-corrected chi connectivity index (χ2v) is 7.05. The highest BCUT2D eigenvalue weighted by atomic mass is 127. The highest BCUT2D eigenvalue weighted by molar-refractivity contribution is 14.1. The van der Waals surface area contributed by atoms with Crippen molar-refractivity contribution in [2.24, 2.45) is 0 Å². The van der Waals surface area contributed by atoms with E-state index >= 15 is 0 Å². The molecule has 0 aliphatic rings. The number of amides is 1. The Balaban J connectivity index is 1.86. The largest absolute Gasteiger partial charge is 0.307 e. The molecule has 4 heteroatoms. The number of ketones is 1. The van der Waals surface area contributed by atoms with Crippen LogP contribution in [0.2, 0.25) is 0 Å². The topological polar surface area (TPSA) is 37.4 Å². The van der Waals surface area contributed by atoms with Crippen molar-refractivity contribution in [1.29, 1.82) is 0 Å². The number of anilines is 1. The number of hydrogen-bond donors (Lipinski definition) is 0. The summed E-state index contributed by atoms with van der Waals surface area (Å²) in [6.07, 6.45) is -0.151. The van der Waals surface area contributed by atoms with Crippen LogP contribution in [0.5, 0.6) is 0 Å². The van der Waals surface area contributed by atoms with Gasteiger partial charge in [0.25, 0.3) is 0 Å². The lowest BCUT2D eigenvalue weighted by Crippen LogP contribution is -2.32. The molecule has 0 bridgehead atoms. The zero-order valence-electron chi connectivity index (χ0n) is 14.1. The summed E-state index contributed by atoms with van der Waals surface area (Å²) in [5, 5.41) is 0. The lowest BCUT2D eigenvalue weighted by Gasteiger charge is -2.24. The SMILES string of the molecule is O=C(CC(=O)N(Cc1ccccc1)c1ccccc1I)c1ccccc1. The van der Waals surface area contributed by atoms with E-state index in [4.69, 9.17) is 0 Å². The van der Waals surface area contributed by atoms with Gasteiger partial charge in [0, 0.05) is 9.13 Å². The molecule has 0 N–H and O–H groups in total. The van der Waals surface area contributed by atoms with E-state index in [1.54, 1.807) is 29.2 Å². The van der Waals surface area contributed by atoms with E-state index in [2.05, 4.69) is 22.6 Å². The van der Waals surface area contributed by atoms with Gasteiger partial charge in [-0.15, -0.1) is 0 Å². The van der Waals surface area contributed by atoms with Gasteiger partial charge in [0.15, 0.2) is 5.78 Å². The van der Waals surface area contributed by atoms with Crippen molar-refractivity contribution in [2.75, 3.05) is 4.90 Å². The molecule has 0 aromatic heterocycles. The number of Topliss-reactive ketones (excluding diaryl/α,β-unsaturated/α-hetero) is 1. The Morgan fingerprint density at radius 3 is 2.00 bits per heavy atom. The summed E-state index contributed by atoms with van der Waals surface area (Å²) in [7, 11) is 0. The molecule has 0 saturated heterocycles. The third-order valence-corrected chi connectivity index (χ3v) is 4.95. The van der Waals surface area contributed by atoms with Crippen molar-refractivity contribution >= 4 is 40.0 Å². The summed E-state index contributed by atoms with van der Waals surface area (Å²) in [6, 6.07) is 26.5. The van der Waals surface area contributed by atoms with Crippen molar-refractivity contribution in [3.8, 4) is 0 Å². The maximum Gasteiger partial charge on any atom is 0.235 e. The third kappa shape index (κ3) is 4.58. The molecule has 0 fully saturated rings. The molecule has 3 nitrogen and oxygen atoms in total. The standard InChI is InChI=1S/C22H18INO2/c23-19-13-7-8-14-20(19)24(16-17-9-3-1-4-10-17)22(26)15-21(25)18-11-5-2-6-12-18/h1-14H,15-16H2. The fraction of sp³-hybridized carbons (Fsp3) is 0.0909. The third-order valence-electron chi connectivity index (χ3n) is 4.04. The van der Waals surface area contributed by atoms with Crippen LogP contribution in [0.1, 0.15) is 22.3 Å². The minimum absolute atomic E-state index is 0.151. The molecule has 1 amide bonds.